The second-order valence-corrected chi connectivity index (χ2v) is 7.32. The Balaban J connectivity index is 2.12. The fraction of sp³-hybridized carbons (Fsp3) is 0.462. The number of rotatable bonds is 3. The average Bonchev–Trinajstić information content (AvgIpc) is 2.36. The molecule has 1 unspecified atom stereocenters. The number of benzene rings is 1. The van der Waals surface area contributed by atoms with Crippen molar-refractivity contribution in [3.63, 3.8) is 0 Å². The van der Waals surface area contributed by atoms with Gasteiger partial charge in [0.1, 0.15) is 5.82 Å². The molecule has 21 heavy (non-hydrogen) atoms. The molecule has 0 bridgehead atoms. The van der Waals surface area contributed by atoms with Gasteiger partial charge in [0.05, 0.1) is 11.8 Å². The Morgan fingerprint density at radius 3 is 2.81 bits per heavy atom. The van der Waals surface area contributed by atoms with Crippen molar-refractivity contribution in [1.29, 1.82) is 0 Å². The molecule has 116 valence electrons. The van der Waals surface area contributed by atoms with Crippen molar-refractivity contribution in [1.82, 2.24) is 9.62 Å². The molecule has 1 aliphatic heterocycles. The van der Waals surface area contributed by atoms with E-state index in [0.717, 1.165) is 12.3 Å². The molecule has 2 rings (SSSR count). The summed E-state index contributed by atoms with van der Waals surface area (Å²) in [6, 6.07) is 3.54. The van der Waals surface area contributed by atoms with E-state index in [9.17, 15) is 17.6 Å². The zero-order chi connectivity index (χ0) is 15.6. The fourth-order valence-corrected chi connectivity index (χ4v) is 3.35. The van der Waals surface area contributed by atoms with Crippen LogP contribution in [0.1, 0.15) is 23.2 Å². The molecule has 1 fully saturated rings. The van der Waals surface area contributed by atoms with Gasteiger partial charge in [-0.1, -0.05) is 11.6 Å². The molecule has 1 atom stereocenters. The molecule has 1 aromatic rings. The zero-order valence-corrected chi connectivity index (χ0v) is 13.0. The molecule has 0 saturated carbocycles. The average molecular weight is 335 g/mol. The van der Waals surface area contributed by atoms with Crippen molar-refractivity contribution in [3.8, 4) is 0 Å². The minimum absolute atomic E-state index is 0.0561. The Morgan fingerprint density at radius 2 is 2.19 bits per heavy atom. The number of carbonyl (C=O) groups is 1. The molecule has 1 N–H and O–H groups in total. The standard InChI is InChI=1S/C13H16ClFN2O3S/c1-21(19,20)16-10-3-2-6-17(8-10)13(18)11-5-4-9(14)7-12(11)15/h4-5,7,10,16H,2-3,6,8H2,1H3. The lowest BCUT2D eigenvalue weighted by Gasteiger charge is -2.32. The zero-order valence-electron chi connectivity index (χ0n) is 11.5. The maximum absolute atomic E-state index is 13.8. The molecule has 1 aromatic carbocycles. The Kier molecular flexibility index (Phi) is 4.85. The minimum Gasteiger partial charge on any atom is -0.337 e. The summed E-state index contributed by atoms with van der Waals surface area (Å²) >= 11 is 5.66. The summed E-state index contributed by atoms with van der Waals surface area (Å²) < 4.78 is 38.8. The number of likely N-dealkylation sites (tertiary alicyclic amines) is 1. The van der Waals surface area contributed by atoms with Crippen LogP contribution in [-0.2, 0) is 10.0 Å². The third-order valence-electron chi connectivity index (χ3n) is 3.25. The first-order valence-corrected chi connectivity index (χ1v) is 8.75. The van der Waals surface area contributed by atoms with Crippen LogP contribution in [0.15, 0.2) is 18.2 Å². The molecule has 0 spiro atoms. The van der Waals surface area contributed by atoms with Gasteiger partial charge in [0, 0.05) is 24.2 Å². The lowest BCUT2D eigenvalue weighted by atomic mass is 10.1. The smallest absolute Gasteiger partial charge is 0.256 e. The second kappa shape index (κ2) is 6.29. The van der Waals surface area contributed by atoms with E-state index in [1.54, 1.807) is 0 Å². The Labute approximate surface area is 128 Å². The minimum atomic E-state index is -3.33. The lowest BCUT2D eigenvalue weighted by molar-refractivity contribution is 0.0698. The normalized spacial score (nSPS) is 19.6. The number of carbonyl (C=O) groups excluding carboxylic acids is 1. The van der Waals surface area contributed by atoms with Crippen LogP contribution in [-0.4, -0.2) is 44.6 Å². The third-order valence-corrected chi connectivity index (χ3v) is 4.25. The van der Waals surface area contributed by atoms with Gasteiger partial charge in [0.25, 0.3) is 5.91 Å². The van der Waals surface area contributed by atoms with Crippen LogP contribution in [0.5, 0.6) is 0 Å². The van der Waals surface area contributed by atoms with E-state index >= 15 is 0 Å². The summed E-state index contributed by atoms with van der Waals surface area (Å²) in [5.74, 6) is -1.13. The first kappa shape index (κ1) is 16.2. The molecular formula is C13H16ClFN2O3S. The van der Waals surface area contributed by atoms with Gasteiger partial charge in [-0.2, -0.15) is 0 Å². The number of hydrogen-bond donors (Lipinski definition) is 1. The fourth-order valence-electron chi connectivity index (χ4n) is 2.39. The van der Waals surface area contributed by atoms with Crippen LogP contribution in [0.2, 0.25) is 5.02 Å². The number of hydrogen-bond acceptors (Lipinski definition) is 3. The first-order chi connectivity index (χ1) is 9.76. The van der Waals surface area contributed by atoms with Gasteiger partial charge in [0.2, 0.25) is 10.0 Å². The Hall–Kier alpha value is -1.18. The number of nitrogens with one attached hydrogen (secondary N) is 1. The quantitative estimate of drug-likeness (QED) is 0.913. The maximum Gasteiger partial charge on any atom is 0.256 e. The van der Waals surface area contributed by atoms with Crippen molar-refractivity contribution in [2.45, 2.75) is 18.9 Å². The summed E-state index contributed by atoms with van der Waals surface area (Å²) in [4.78, 5) is 13.8. The summed E-state index contributed by atoms with van der Waals surface area (Å²) in [5, 5.41) is 0.222. The van der Waals surface area contributed by atoms with Gasteiger partial charge in [-0.05, 0) is 31.0 Å². The van der Waals surface area contributed by atoms with Crippen LogP contribution >= 0.6 is 11.6 Å². The maximum atomic E-state index is 13.8. The predicted molar refractivity (Wildman–Crippen MR) is 78.3 cm³/mol. The topological polar surface area (TPSA) is 66.5 Å². The van der Waals surface area contributed by atoms with Crippen molar-refractivity contribution >= 4 is 27.5 Å². The van der Waals surface area contributed by atoms with Gasteiger partial charge in [0.15, 0.2) is 0 Å². The molecule has 0 radical (unpaired) electrons. The highest BCUT2D eigenvalue weighted by molar-refractivity contribution is 7.88. The summed E-state index contributed by atoms with van der Waals surface area (Å²) in [6.45, 7) is 0.705. The Morgan fingerprint density at radius 1 is 1.48 bits per heavy atom. The van der Waals surface area contributed by atoms with Crippen LogP contribution in [0.4, 0.5) is 4.39 Å². The number of piperidine rings is 1. The van der Waals surface area contributed by atoms with Gasteiger partial charge in [-0.25, -0.2) is 17.5 Å². The van der Waals surface area contributed by atoms with Crippen LogP contribution in [0.3, 0.4) is 0 Å². The van der Waals surface area contributed by atoms with Crippen molar-refractivity contribution < 1.29 is 17.6 Å². The molecular weight excluding hydrogens is 319 g/mol. The Bertz CT molecular complexity index is 651. The number of amides is 1. The van der Waals surface area contributed by atoms with Crippen LogP contribution in [0.25, 0.3) is 0 Å². The molecule has 8 heteroatoms. The highest BCUT2D eigenvalue weighted by Gasteiger charge is 2.27. The van der Waals surface area contributed by atoms with Gasteiger partial charge in [-0.15, -0.1) is 0 Å². The summed E-state index contributed by atoms with van der Waals surface area (Å²) in [5.41, 5.74) is -0.0561. The molecule has 1 aliphatic rings. The number of halogens is 2. The van der Waals surface area contributed by atoms with Gasteiger partial charge >= 0.3 is 0 Å². The number of nitrogens with zero attached hydrogens (tertiary/aromatic N) is 1. The van der Waals surface area contributed by atoms with E-state index in [-0.39, 0.29) is 23.2 Å². The van der Waals surface area contributed by atoms with Gasteiger partial charge in [-0.3, -0.25) is 4.79 Å². The molecule has 1 heterocycles. The van der Waals surface area contributed by atoms with Gasteiger partial charge < -0.3 is 4.90 Å². The second-order valence-electron chi connectivity index (χ2n) is 5.10. The third kappa shape index (κ3) is 4.39. The van der Waals surface area contributed by atoms with Crippen molar-refractivity contribution in [2.24, 2.45) is 0 Å². The molecule has 1 amide bonds. The molecule has 0 aromatic heterocycles. The van der Waals surface area contributed by atoms with E-state index in [0.29, 0.717) is 19.4 Å². The predicted octanol–water partition coefficient (Wildman–Crippen LogP) is 1.63. The molecule has 1 saturated heterocycles. The SMILES string of the molecule is CS(=O)(=O)NC1CCCN(C(=O)c2ccc(Cl)cc2F)C1. The van der Waals surface area contributed by atoms with E-state index < -0.39 is 21.7 Å². The lowest BCUT2D eigenvalue weighted by Crippen LogP contribution is -2.49. The van der Waals surface area contributed by atoms with E-state index in [1.807, 2.05) is 0 Å². The number of sulfonamides is 1. The van der Waals surface area contributed by atoms with Crippen molar-refractivity contribution in [2.75, 3.05) is 19.3 Å². The van der Waals surface area contributed by atoms with Crippen molar-refractivity contribution in [3.05, 3.63) is 34.6 Å². The summed E-state index contributed by atoms with van der Waals surface area (Å²) in [6.07, 6.45) is 2.39. The van der Waals surface area contributed by atoms with E-state index in [4.69, 9.17) is 11.6 Å². The molecule has 0 aliphatic carbocycles. The first-order valence-electron chi connectivity index (χ1n) is 6.48. The van der Waals surface area contributed by atoms with Crippen LogP contribution < -0.4 is 4.72 Å². The van der Waals surface area contributed by atoms with E-state index in [2.05, 4.69) is 4.72 Å². The summed E-state index contributed by atoms with van der Waals surface area (Å²) in [7, 11) is -3.33. The van der Waals surface area contributed by atoms with Crippen LogP contribution in [0, 0.1) is 5.82 Å². The highest BCUT2D eigenvalue weighted by Crippen LogP contribution is 2.19. The largest absolute Gasteiger partial charge is 0.337 e. The molecule has 5 nitrogen and oxygen atoms in total. The highest BCUT2D eigenvalue weighted by atomic mass is 35.5. The van der Waals surface area contributed by atoms with E-state index in [1.165, 1.54) is 17.0 Å². The monoisotopic (exact) mass is 334 g/mol.